The molecule has 0 atom stereocenters. The number of nitrogens with zero attached hydrogens (tertiary/aromatic N) is 1. The lowest BCUT2D eigenvalue weighted by Crippen LogP contribution is -2.22. The first kappa shape index (κ1) is 14.1. The largest absolute Gasteiger partial charge is 0.493 e. The molecule has 0 aliphatic carbocycles. The number of ether oxygens (including phenoxy) is 2. The van der Waals surface area contributed by atoms with Gasteiger partial charge >= 0.3 is 0 Å². The molecule has 1 aliphatic heterocycles. The van der Waals surface area contributed by atoms with Crippen molar-refractivity contribution in [2.75, 3.05) is 14.2 Å². The number of nitriles is 1. The zero-order valence-electron chi connectivity index (χ0n) is 11.0. The van der Waals surface area contributed by atoms with Gasteiger partial charge < -0.3 is 19.9 Å². The summed E-state index contributed by atoms with van der Waals surface area (Å²) in [5, 5.41) is 8.98. The van der Waals surface area contributed by atoms with Gasteiger partial charge in [-0.25, -0.2) is 0 Å². The molecular formula is C13H13N3O3S. The minimum Gasteiger partial charge on any atom is -0.493 e. The number of nitrogens with one attached hydrogen (secondary N) is 1. The number of hydrogen-bond donors (Lipinski definition) is 2. The van der Waals surface area contributed by atoms with Crippen LogP contribution >= 0.6 is 11.9 Å². The van der Waals surface area contributed by atoms with Gasteiger partial charge in [-0.3, -0.25) is 4.79 Å². The van der Waals surface area contributed by atoms with Crippen LogP contribution in [0.15, 0.2) is 28.3 Å². The fourth-order valence-electron chi connectivity index (χ4n) is 1.89. The molecule has 2 rings (SSSR count). The average molecular weight is 291 g/mol. The summed E-state index contributed by atoms with van der Waals surface area (Å²) in [4.78, 5) is 12.2. The number of carbonyl (C=O) groups excluding carboxylic acids is 1. The summed E-state index contributed by atoms with van der Waals surface area (Å²) in [5.74, 6) is 0.494. The van der Waals surface area contributed by atoms with Crippen LogP contribution in [0.2, 0.25) is 0 Å². The van der Waals surface area contributed by atoms with Crippen LogP contribution in [-0.4, -0.2) is 20.1 Å². The van der Waals surface area contributed by atoms with Gasteiger partial charge in [0.05, 0.1) is 14.2 Å². The third kappa shape index (κ3) is 2.51. The molecule has 1 aliphatic rings. The van der Waals surface area contributed by atoms with Crippen molar-refractivity contribution in [1.82, 2.24) is 4.72 Å². The van der Waals surface area contributed by atoms with Crippen molar-refractivity contribution in [3.8, 4) is 17.6 Å². The van der Waals surface area contributed by atoms with Crippen LogP contribution in [-0.2, 0) is 11.2 Å². The predicted octanol–water partition coefficient (Wildman–Crippen LogP) is 1.12. The van der Waals surface area contributed by atoms with Gasteiger partial charge in [-0.05, 0) is 29.6 Å². The van der Waals surface area contributed by atoms with Crippen LogP contribution in [0.25, 0.3) is 0 Å². The number of fused-ring (bicyclic) bond motifs is 1. The average Bonchev–Trinajstić information content (AvgIpc) is 2.46. The van der Waals surface area contributed by atoms with E-state index in [-0.39, 0.29) is 5.57 Å². The fraction of sp³-hybridized carbons (Fsp3) is 0.231. The topological polar surface area (TPSA) is 97.4 Å². The van der Waals surface area contributed by atoms with E-state index in [2.05, 4.69) is 4.72 Å². The van der Waals surface area contributed by atoms with E-state index in [1.165, 1.54) is 11.9 Å². The summed E-state index contributed by atoms with van der Waals surface area (Å²) >= 11 is 1.30. The van der Waals surface area contributed by atoms with E-state index in [0.29, 0.717) is 23.6 Å². The molecule has 104 valence electrons. The van der Waals surface area contributed by atoms with Gasteiger partial charge in [0.2, 0.25) is 0 Å². The van der Waals surface area contributed by atoms with Crippen LogP contribution in [0.1, 0.15) is 5.56 Å². The zero-order valence-corrected chi connectivity index (χ0v) is 11.8. The number of nitrogens with two attached hydrogens (primary N) is 1. The number of hydrogen-bond acceptors (Lipinski definition) is 6. The number of rotatable bonds is 3. The molecule has 1 heterocycles. The van der Waals surface area contributed by atoms with E-state index < -0.39 is 5.91 Å². The van der Waals surface area contributed by atoms with Crippen molar-refractivity contribution in [3.05, 3.63) is 29.0 Å². The molecule has 0 aromatic heterocycles. The first-order valence-electron chi connectivity index (χ1n) is 5.71. The van der Waals surface area contributed by atoms with Crippen molar-refractivity contribution < 1.29 is 14.3 Å². The molecule has 7 heteroatoms. The predicted molar refractivity (Wildman–Crippen MR) is 74.1 cm³/mol. The standard InChI is InChI=1S/C13H13N3O3S/c1-18-10-4-7-3-9(8(6-14)13(15)17)16-20-12(7)5-11(10)19-2/h4-5,16H,3H2,1-2H3,(H2,15,17). The summed E-state index contributed by atoms with van der Waals surface area (Å²) in [7, 11) is 3.12. The number of carbonyl (C=O) groups is 1. The summed E-state index contributed by atoms with van der Waals surface area (Å²) in [5.41, 5.74) is 6.57. The van der Waals surface area contributed by atoms with Gasteiger partial charge in [0.1, 0.15) is 11.6 Å². The Morgan fingerprint density at radius 1 is 1.40 bits per heavy atom. The summed E-state index contributed by atoms with van der Waals surface area (Å²) in [6, 6.07) is 5.50. The molecule has 0 bridgehead atoms. The smallest absolute Gasteiger partial charge is 0.261 e. The Balaban J connectivity index is 2.45. The van der Waals surface area contributed by atoms with Crippen molar-refractivity contribution in [1.29, 1.82) is 5.26 Å². The molecule has 0 unspecified atom stereocenters. The second kappa shape index (κ2) is 5.75. The first-order chi connectivity index (χ1) is 9.60. The highest BCUT2D eigenvalue weighted by atomic mass is 32.2. The Morgan fingerprint density at radius 2 is 2.05 bits per heavy atom. The van der Waals surface area contributed by atoms with Crippen LogP contribution < -0.4 is 19.9 Å². The Labute approximate surface area is 120 Å². The Morgan fingerprint density at radius 3 is 2.60 bits per heavy atom. The highest BCUT2D eigenvalue weighted by Crippen LogP contribution is 2.38. The molecular weight excluding hydrogens is 278 g/mol. The lowest BCUT2D eigenvalue weighted by atomic mass is 10.1. The van der Waals surface area contributed by atoms with Crippen LogP contribution in [0, 0.1) is 11.3 Å². The van der Waals surface area contributed by atoms with E-state index in [9.17, 15) is 4.79 Å². The lowest BCUT2D eigenvalue weighted by molar-refractivity contribution is -0.114. The molecule has 0 fully saturated rings. The van der Waals surface area contributed by atoms with E-state index in [1.807, 2.05) is 18.2 Å². The highest BCUT2D eigenvalue weighted by Gasteiger charge is 2.21. The summed E-state index contributed by atoms with van der Waals surface area (Å²) < 4.78 is 13.4. The normalized spacial score (nSPS) is 15.4. The maximum Gasteiger partial charge on any atom is 0.261 e. The number of allylic oxidation sites excluding steroid dienone is 1. The van der Waals surface area contributed by atoms with Crippen LogP contribution in [0.5, 0.6) is 11.5 Å². The van der Waals surface area contributed by atoms with E-state index in [0.717, 1.165) is 10.5 Å². The summed E-state index contributed by atoms with van der Waals surface area (Å²) in [6.07, 6.45) is 0.411. The quantitative estimate of drug-likeness (QED) is 0.492. The molecule has 0 saturated carbocycles. The molecule has 20 heavy (non-hydrogen) atoms. The Hall–Kier alpha value is -2.33. The SMILES string of the molecule is COc1cc2c(cc1OC)SNC(=C(C#N)C(N)=O)C2. The molecule has 0 spiro atoms. The first-order valence-corrected chi connectivity index (χ1v) is 6.53. The third-order valence-corrected chi connectivity index (χ3v) is 3.83. The van der Waals surface area contributed by atoms with E-state index in [4.69, 9.17) is 20.5 Å². The number of methoxy groups -OCH3 is 2. The van der Waals surface area contributed by atoms with Gasteiger partial charge in [-0.1, -0.05) is 0 Å². The molecule has 0 saturated heterocycles. The Bertz CT molecular complexity index is 634. The highest BCUT2D eigenvalue weighted by molar-refractivity contribution is 7.97. The zero-order chi connectivity index (χ0) is 14.7. The molecule has 1 aromatic rings. The van der Waals surface area contributed by atoms with Crippen LogP contribution in [0.4, 0.5) is 0 Å². The van der Waals surface area contributed by atoms with E-state index in [1.54, 1.807) is 14.2 Å². The second-order valence-corrected chi connectivity index (χ2v) is 4.87. The summed E-state index contributed by atoms with van der Waals surface area (Å²) in [6.45, 7) is 0. The maximum absolute atomic E-state index is 11.2. The molecule has 6 nitrogen and oxygen atoms in total. The van der Waals surface area contributed by atoms with Gasteiger partial charge in [0.25, 0.3) is 5.91 Å². The minimum absolute atomic E-state index is 0.0575. The minimum atomic E-state index is -0.737. The van der Waals surface area contributed by atoms with E-state index >= 15 is 0 Å². The molecule has 0 radical (unpaired) electrons. The Kier molecular flexibility index (Phi) is 4.05. The monoisotopic (exact) mass is 291 g/mol. The third-order valence-electron chi connectivity index (χ3n) is 2.88. The lowest BCUT2D eigenvalue weighted by Gasteiger charge is -2.22. The maximum atomic E-state index is 11.2. The van der Waals surface area contributed by atoms with Gasteiger partial charge in [-0.2, -0.15) is 5.26 Å². The molecule has 1 aromatic carbocycles. The molecule has 3 N–H and O–H groups in total. The molecule has 1 amide bonds. The second-order valence-electron chi connectivity index (χ2n) is 4.03. The van der Waals surface area contributed by atoms with Crippen molar-refractivity contribution >= 4 is 17.9 Å². The van der Waals surface area contributed by atoms with Crippen molar-refractivity contribution in [2.24, 2.45) is 5.73 Å². The van der Waals surface area contributed by atoms with Crippen LogP contribution in [0.3, 0.4) is 0 Å². The van der Waals surface area contributed by atoms with Gasteiger partial charge in [0.15, 0.2) is 11.5 Å². The van der Waals surface area contributed by atoms with Gasteiger partial charge in [0, 0.05) is 17.0 Å². The van der Waals surface area contributed by atoms with Crippen molar-refractivity contribution in [3.63, 3.8) is 0 Å². The number of benzene rings is 1. The van der Waals surface area contributed by atoms with Crippen molar-refractivity contribution in [2.45, 2.75) is 11.3 Å². The van der Waals surface area contributed by atoms with Gasteiger partial charge in [-0.15, -0.1) is 0 Å². The number of amides is 1. The fourth-order valence-corrected chi connectivity index (χ4v) is 2.72. The number of primary amides is 1.